The highest BCUT2D eigenvalue weighted by molar-refractivity contribution is 7.89. The molecule has 0 radical (unpaired) electrons. The topological polar surface area (TPSA) is 69.4 Å². The molecule has 5 heteroatoms. The lowest BCUT2D eigenvalue weighted by atomic mass is 9.98. The smallest absolute Gasteiger partial charge is 0.212 e. The minimum absolute atomic E-state index is 0.00786. The van der Waals surface area contributed by atoms with Crippen LogP contribution in [-0.2, 0) is 16.4 Å². The molecule has 0 heterocycles. The van der Waals surface area contributed by atoms with Gasteiger partial charge in [0.1, 0.15) is 5.75 Å². The zero-order valence-electron chi connectivity index (χ0n) is 13.5. The van der Waals surface area contributed by atoms with Crippen LogP contribution in [0.5, 0.6) is 5.75 Å². The van der Waals surface area contributed by atoms with Crippen molar-refractivity contribution in [3.05, 3.63) is 42.5 Å². The number of aryl methyl sites for hydroxylation is 1. The van der Waals surface area contributed by atoms with Gasteiger partial charge < -0.3 is 4.74 Å². The molecule has 1 aromatic rings. The van der Waals surface area contributed by atoms with Crippen LogP contribution >= 0.6 is 0 Å². The molecule has 22 heavy (non-hydrogen) atoms. The Morgan fingerprint density at radius 3 is 2.41 bits per heavy atom. The predicted octanol–water partition coefficient (Wildman–Crippen LogP) is 3.28. The van der Waals surface area contributed by atoms with Crippen LogP contribution in [0.4, 0.5) is 0 Å². The van der Waals surface area contributed by atoms with Crippen molar-refractivity contribution >= 4 is 10.0 Å². The van der Waals surface area contributed by atoms with Gasteiger partial charge in [-0.3, -0.25) is 0 Å². The van der Waals surface area contributed by atoms with E-state index in [1.54, 1.807) is 13.2 Å². The average molecular weight is 325 g/mol. The Kier molecular flexibility index (Phi) is 7.62. The van der Waals surface area contributed by atoms with Crippen molar-refractivity contribution in [2.24, 2.45) is 11.1 Å². The number of hydrogen-bond donors (Lipinski definition) is 1. The summed E-state index contributed by atoms with van der Waals surface area (Å²) in [5.41, 5.74) is 1.23. The summed E-state index contributed by atoms with van der Waals surface area (Å²) in [6.07, 6.45) is 5.73. The highest BCUT2D eigenvalue weighted by atomic mass is 32.2. The zero-order chi connectivity index (χ0) is 16.6. The van der Waals surface area contributed by atoms with E-state index in [1.807, 2.05) is 31.2 Å². The van der Waals surface area contributed by atoms with Crippen LogP contribution in [0, 0.1) is 5.92 Å². The second-order valence-electron chi connectivity index (χ2n) is 5.72. The molecule has 0 aliphatic rings. The van der Waals surface area contributed by atoms with Gasteiger partial charge in [-0.25, -0.2) is 13.6 Å². The molecule has 124 valence electrons. The summed E-state index contributed by atoms with van der Waals surface area (Å²) < 4.78 is 28.5. The number of methoxy groups -OCH3 is 1. The maximum absolute atomic E-state index is 11.7. The molecule has 2 atom stereocenters. The zero-order valence-corrected chi connectivity index (χ0v) is 14.3. The summed E-state index contributed by atoms with van der Waals surface area (Å²) in [7, 11) is -1.86. The summed E-state index contributed by atoms with van der Waals surface area (Å²) in [6, 6.07) is 7.95. The first-order valence-electron chi connectivity index (χ1n) is 7.64. The van der Waals surface area contributed by atoms with Gasteiger partial charge in [0.25, 0.3) is 0 Å². The Labute approximate surface area is 134 Å². The van der Waals surface area contributed by atoms with Crippen LogP contribution in [0.1, 0.15) is 38.2 Å². The number of sulfonamides is 1. The van der Waals surface area contributed by atoms with Gasteiger partial charge in [0.05, 0.1) is 12.4 Å². The Hall–Kier alpha value is -1.33. The van der Waals surface area contributed by atoms with Gasteiger partial charge in [-0.15, -0.1) is 6.58 Å². The second-order valence-corrected chi connectivity index (χ2v) is 7.51. The molecular formula is C17H27NO3S. The van der Waals surface area contributed by atoms with Gasteiger partial charge in [-0.2, -0.15) is 0 Å². The van der Waals surface area contributed by atoms with E-state index in [1.165, 1.54) is 5.56 Å². The van der Waals surface area contributed by atoms with Crippen molar-refractivity contribution in [3.8, 4) is 5.75 Å². The first-order valence-corrected chi connectivity index (χ1v) is 9.25. The van der Waals surface area contributed by atoms with E-state index in [4.69, 9.17) is 9.88 Å². The molecule has 0 aliphatic carbocycles. The van der Waals surface area contributed by atoms with E-state index >= 15 is 0 Å². The summed E-state index contributed by atoms with van der Waals surface area (Å²) in [4.78, 5) is 0. The Bertz CT molecular complexity index is 552. The third kappa shape index (κ3) is 6.20. The van der Waals surface area contributed by atoms with Crippen molar-refractivity contribution in [2.45, 2.75) is 44.3 Å². The van der Waals surface area contributed by atoms with Gasteiger partial charge in [-0.05, 0) is 49.3 Å². The second kappa shape index (κ2) is 8.96. The standard InChI is InChI=1S/C17H27NO3S/c1-4-7-14(2)17(22(18,19)20)9-6-5-8-15-10-12-16(21-3)13-11-15/h4,10-14,17H,1,5-9H2,2-3H3,(H2,18,19,20). The third-order valence-corrected chi connectivity index (χ3v) is 5.50. The number of primary sulfonamides is 1. The van der Waals surface area contributed by atoms with Crippen LogP contribution in [0.3, 0.4) is 0 Å². The molecular weight excluding hydrogens is 298 g/mol. The summed E-state index contributed by atoms with van der Waals surface area (Å²) in [5.74, 6) is 0.852. The maximum Gasteiger partial charge on any atom is 0.212 e. The van der Waals surface area contributed by atoms with Gasteiger partial charge in [-0.1, -0.05) is 31.6 Å². The molecule has 0 aliphatic heterocycles. The quantitative estimate of drug-likeness (QED) is 0.530. The highest BCUT2D eigenvalue weighted by Crippen LogP contribution is 2.21. The molecule has 0 amide bonds. The fraction of sp³-hybridized carbons (Fsp3) is 0.529. The minimum atomic E-state index is -3.50. The van der Waals surface area contributed by atoms with Crippen molar-refractivity contribution in [2.75, 3.05) is 7.11 Å². The number of allylic oxidation sites excluding steroid dienone is 1. The lowest BCUT2D eigenvalue weighted by Gasteiger charge is -2.20. The lowest BCUT2D eigenvalue weighted by Crippen LogP contribution is -2.33. The molecule has 0 aromatic heterocycles. The number of hydrogen-bond acceptors (Lipinski definition) is 3. The first kappa shape index (κ1) is 18.7. The van der Waals surface area contributed by atoms with Crippen molar-refractivity contribution in [3.63, 3.8) is 0 Å². The van der Waals surface area contributed by atoms with Gasteiger partial charge in [0, 0.05) is 0 Å². The predicted molar refractivity (Wildman–Crippen MR) is 91.4 cm³/mol. The highest BCUT2D eigenvalue weighted by Gasteiger charge is 2.26. The molecule has 1 aromatic carbocycles. The van der Waals surface area contributed by atoms with Crippen molar-refractivity contribution < 1.29 is 13.2 Å². The summed E-state index contributed by atoms with van der Waals surface area (Å²) in [6.45, 7) is 5.59. The number of unbranched alkanes of at least 4 members (excludes halogenated alkanes) is 1. The molecule has 2 N–H and O–H groups in total. The fourth-order valence-corrected chi connectivity index (χ4v) is 3.91. The number of rotatable bonds is 10. The lowest BCUT2D eigenvalue weighted by molar-refractivity contribution is 0.414. The van der Waals surface area contributed by atoms with Gasteiger partial charge in [0.15, 0.2) is 0 Å². The molecule has 0 spiro atoms. The minimum Gasteiger partial charge on any atom is -0.497 e. The molecule has 0 fully saturated rings. The molecule has 0 bridgehead atoms. The van der Waals surface area contributed by atoms with E-state index in [-0.39, 0.29) is 5.92 Å². The third-order valence-electron chi connectivity index (χ3n) is 3.96. The summed E-state index contributed by atoms with van der Waals surface area (Å²) >= 11 is 0. The molecule has 4 nitrogen and oxygen atoms in total. The molecule has 1 rings (SSSR count). The van der Waals surface area contributed by atoms with Crippen LogP contribution in [-0.4, -0.2) is 20.8 Å². The number of ether oxygens (including phenoxy) is 1. The first-order chi connectivity index (χ1) is 10.4. The number of benzene rings is 1. The Balaban J connectivity index is 2.47. The van der Waals surface area contributed by atoms with Crippen LogP contribution in [0.2, 0.25) is 0 Å². The Morgan fingerprint density at radius 1 is 1.27 bits per heavy atom. The maximum atomic E-state index is 11.7. The largest absolute Gasteiger partial charge is 0.497 e. The number of nitrogens with two attached hydrogens (primary N) is 1. The van der Waals surface area contributed by atoms with Crippen LogP contribution in [0.25, 0.3) is 0 Å². The molecule has 0 saturated carbocycles. The molecule has 2 unspecified atom stereocenters. The average Bonchev–Trinajstić information content (AvgIpc) is 2.46. The van der Waals surface area contributed by atoms with E-state index < -0.39 is 15.3 Å². The summed E-state index contributed by atoms with van der Waals surface area (Å²) in [5, 5.41) is 4.88. The van der Waals surface area contributed by atoms with Crippen molar-refractivity contribution in [1.82, 2.24) is 0 Å². The van der Waals surface area contributed by atoms with E-state index in [0.717, 1.165) is 25.0 Å². The SMILES string of the molecule is C=CCC(C)C(CCCCc1ccc(OC)cc1)S(N)(=O)=O. The van der Waals surface area contributed by atoms with Crippen LogP contribution in [0.15, 0.2) is 36.9 Å². The van der Waals surface area contributed by atoms with E-state index in [9.17, 15) is 8.42 Å². The fourth-order valence-electron chi connectivity index (χ4n) is 2.65. The van der Waals surface area contributed by atoms with E-state index in [2.05, 4.69) is 6.58 Å². The monoisotopic (exact) mass is 325 g/mol. The molecule has 0 saturated heterocycles. The van der Waals surface area contributed by atoms with Gasteiger partial charge in [0.2, 0.25) is 10.0 Å². The van der Waals surface area contributed by atoms with E-state index in [0.29, 0.717) is 12.8 Å². The van der Waals surface area contributed by atoms with Crippen LogP contribution < -0.4 is 9.88 Å². The van der Waals surface area contributed by atoms with Gasteiger partial charge >= 0.3 is 0 Å². The normalized spacial score (nSPS) is 14.3. The van der Waals surface area contributed by atoms with Crippen molar-refractivity contribution in [1.29, 1.82) is 0 Å². The Morgan fingerprint density at radius 2 is 1.91 bits per heavy atom.